The van der Waals surface area contributed by atoms with Gasteiger partial charge in [-0.3, -0.25) is 9.59 Å². The number of carbonyl (C=O) groups is 3. The Balaban J connectivity index is 2.19. The molecule has 8 heteroatoms. The molecule has 6 nitrogen and oxygen atoms in total. The van der Waals surface area contributed by atoms with Crippen molar-refractivity contribution in [3.8, 4) is 0 Å². The Morgan fingerprint density at radius 2 is 1.76 bits per heavy atom. The number of hydrogen-bond acceptors (Lipinski definition) is 4. The average molecular weight is 421 g/mol. The van der Waals surface area contributed by atoms with Gasteiger partial charge in [-0.1, -0.05) is 41.9 Å². The SMILES string of the molecule is COC(=O)[C@@H](Cc1cccc(Cl)c1)NC(=O)[C@H](Cc1ccccc1F)NC(C)=O. The zero-order valence-corrected chi connectivity index (χ0v) is 16.8. The highest BCUT2D eigenvalue weighted by atomic mass is 35.5. The minimum Gasteiger partial charge on any atom is -0.467 e. The summed E-state index contributed by atoms with van der Waals surface area (Å²) in [6, 6.07) is 10.8. The van der Waals surface area contributed by atoms with Gasteiger partial charge < -0.3 is 15.4 Å². The van der Waals surface area contributed by atoms with Crippen molar-refractivity contribution in [3.63, 3.8) is 0 Å². The van der Waals surface area contributed by atoms with Crippen LogP contribution in [0.1, 0.15) is 18.1 Å². The molecule has 0 aliphatic rings. The summed E-state index contributed by atoms with van der Waals surface area (Å²) in [5, 5.41) is 5.58. The van der Waals surface area contributed by atoms with Crippen molar-refractivity contribution in [1.29, 1.82) is 0 Å². The van der Waals surface area contributed by atoms with Crippen LogP contribution in [-0.4, -0.2) is 37.0 Å². The van der Waals surface area contributed by atoms with Gasteiger partial charge in [0.2, 0.25) is 11.8 Å². The lowest BCUT2D eigenvalue weighted by Gasteiger charge is -2.22. The molecule has 2 aromatic rings. The first-order valence-electron chi connectivity index (χ1n) is 8.93. The van der Waals surface area contributed by atoms with E-state index in [2.05, 4.69) is 10.6 Å². The number of benzene rings is 2. The van der Waals surface area contributed by atoms with E-state index < -0.39 is 35.7 Å². The standard InChI is InChI=1S/C21H22ClFN2O4/c1-13(26)24-18(12-15-7-3-4-9-17(15)23)20(27)25-19(21(28)29-2)11-14-6-5-8-16(22)10-14/h3-10,18-19H,11-12H2,1-2H3,(H,24,26)(H,25,27)/t18-,19+/m0/s1. The minimum absolute atomic E-state index is 0.0663. The Morgan fingerprint density at radius 3 is 2.38 bits per heavy atom. The molecule has 0 spiro atoms. The van der Waals surface area contributed by atoms with Crippen molar-refractivity contribution >= 4 is 29.4 Å². The van der Waals surface area contributed by atoms with Crippen LogP contribution in [0.3, 0.4) is 0 Å². The molecule has 0 unspecified atom stereocenters. The number of hydrogen-bond donors (Lipinski definition) is 2. The van der Waals surface area contributed by atoms with Gasteiger partial charge in [-0.25, -0.2) is 9.18 Å². The minimum atomic E-state index is -1.06. The van der Waals surface area contributed by atoms with Gasteiger partial charge in [0, 0.05) is 24.8 Å². The van der Waals surface area contributed by atoms with E-state index in [1.165, 1.54) is 32.2 Å². The molecule has 2 atom stereocenters. The van der Waals surface area contributed by atoms with Crippen LogP contribution in [0.2, 0.25) is 5.02 Å². The maximum absolute atomic E-state index is 14.0. The van der Waals surface area contributed by atoms with Crippen LogP contribution in [0, 0.1) is 5.82 Å². The number of halogens is 2. The van der Waals surface area contributed by atoms with E-state index in [-0.39, 0.29) is 18.4 Å². The van der Waals surface area contributed by atoms with Gasteiger partial charge in [-0.05, 0) is 29.3 Å². The van der Waals surface area contributed by atoms with Gasteiger partial charge in [0.1, 0.15) is 17.9 Å². The van der Waals surface area contributed by atoms with E-state index in [1.807, 2.05) is 0 Å². The molecule has 2 rings (SSSR count). The highest BCUT2D eigenvalue weighted by Gasteiger charge is 2.27. The lowest BCUT2D eigenvalue weighted by Crippen LogP contribution is -2.53. The summed E-state index contributed by atoms with van der Waals surface area (Å²) in [7, 11) is 1.21. The first-order valence-corrected chi connectivity index (χ1v) is 9.31. The Morgan fingerprint density at radius 1 is 1.03 bits per heavy atom. The van der Waals surface area contributed by atoms with Crippen LogP contribution in [0.15, 0.2) is 48.5 Å². The van der Waals surface area contributed by atoms with Gasteiger partial charge >= 0.3 is 5.97 Å². The second kappa shape index (κ2) is 10.6. The van der Waals surface area contributed by atoms with Crippen molar-refractivity contribution in [1.82, 2.24) is 10.6 Å². The van der Waals surface area contributed by atoms with Crippen molar-refractivity contribution < 1.29 is 23.5 Å². The monoisotopic (exact) mass is 420 g/mol. The van der Waals surface area contributed by atoms with Crippen molar-refractivity contribution in [3.05, 3.63) is 70.5 Å². The van der Waals surface area contributed by atoms with Crippen LogP contribution >= 0.6 is 11.6 Å². The maximum Gasteiger partial charge on any atom is 0.328 e. The molecular formula is C21H22ClFN2O4. The normalized spacial score (nSPS) is 12.6. The number of methoxy groups -OCH3 is 1. The van der Waals surface area contributed by atoms with Gasteiger partial charge in [-0.2, -0.15) is 0 Å². The molecule has 29 heavy (non-hydrogen) atoms. The molecule has 0 saturated heterocycles. The van der Waals surface area contributed by atoms with Crippen LogP contribution < -0.4 is 10.6 Å². The summed E-state index contributed by atoms with van der Waals surface area (Å²) in [6.07, 6.45) is 0.0780. The molecule has 0 fully saturated rings. The predicted molar refractivity (Wildman–Crippen MR) is 107 cm³/mol. The molecule has 0 saturated carbocycles. The van der Waals surface area contributed by atoms with Crippen LogP contribution in [0.25, 0.3) is 0 Å². The molecule has 0 bridgehead atoms. The molecule has 2 N–H and O–H groups in total. The number of nitrogens with one attached hydrogen (secondary N) is 2. The molecule has 0 radical (unpaired) electrons. The zero-order chi connectivity index (χ0) is 21.4. The number of ether oxygens (including phenoxy) is 1. The molecule has 0 aromatic heterocycles. The summed E-state index contributed by atoms with van der Waals surface area (Å²) in [4.78, 5) is 36.5. The molecule has 154 valence electrons. The van der Waals surface area contributed by atoms with E-state index in [0.29, 0.717) is 5.02 Å². The molecular weight excluding hydrogens is 399 g/mol. The highest BCUT2D eigenvalue weighted by molar-refractivity contribution is 6.30. The highest BCUT2D eigenvalue weighted by Crippen LogP contribution is 2.14. The summed E-state index contributed by atoms with van der Waals surface area (Å²) in [6.45, 7) is 1.26. The molecule has 2 aromatic carbocycles. The van der Waals surface area contributed by atoms with Crippen molar-refractivity contribution in [2.75, 3.05) is 7.11 Å². The Kier molecular flexibility index (Phi) is 8.15. The number of carbonyl (C=O) groups excluding carboxylic acids is 3. The fourth-order valence-electron chi connectivity index (χ4n) is 2.85. The number of amides is 2. The molecule has 2 amide bonds. The Labute approximate surface area is 173 Å². The fraction of sp³-hybridized carbons (Fsp3) is 0.286. The second-order valence-electron chi connectivity index (χ2n) is 6.47. The lowest BCUT2D eigenvalue weighted by molar-refractivity contribution is -0.145. The topological polar surface area (TPSA) is 84.5 Å². The van der Waals surface area contributed by atoms with Gasteiger partial charge in [0.25, 0.3) is 0 Å². The van der Waals surface area contributed by atoms with Crippen LogP contribution in [0.4, 0.5) is 4.39 Å². The Hall–Kier alpha value is -2.93. The zero-order valence-electron chi connectivity index (χ0n) is 16.1. The maximum atomic E-state index is 14.0. The third-order valence-electron chi connectivity index (χ3n) is 4.21. The third kappa shape index (κ3) is 6.87. The first-order chi connectivity index (χ1) is 13.8. The average Bonchev–Trinajstić information content (AvgIpc) is 2.67. The van der Waals surface area contributed by atoms with Crippen LogP contribution in [-0.2, 0) is 32.0 Å². The largest absolute Gasteiger partial charge is 0.467 e. The third-order valence-corrected chi connectivity index (χ3v) is 4.44. The number of rotatable bonds is 8. The number of esters is 1. The first kappa shape index (κ1) is 22.4. The molecule has 0 aliphatic carbocycles. The summed E-state index contributed by atoms with van der Waals surface area (Å²) in [5.41, 5.74) is 0.990. The quantitative estimate of drug-likeness (QED) is 0.642. The second-order valence-corrected chi connectivity index (χ2v) is 6.90. The van der Waals surface area contributed by atoms with E-state index in [4.69, 9.17) is 16.3 Å². The molecule has 0 aliphatic heterocycles. The summed E-state index contributed by atoms with van der Waals surface area (Å²) < 4.78 is 18.8. The van der Waals surface area contributed by atoms with Crippen LogP contribution in [0.5, 0.6) is 0 Å². The predicted octanol–water partition coefficient (Wildman–Crippen LogP) is 2.43. The summed E-state index contributed by atoms with van der Waals surface area (Å²) in [5.74, 6) is -2.21. The fourth-order valence-corrected chi connectivity index (χ4v) is 3.06. The van der Waals surface area contributed by atoms with E-state index in [9.17, 15) is 18.8 Å². The lowest BCUT2D eigenvalue weighted by atomic mass is 10.0. The van der Waals surface area contributed by atoms with Gasteiger partial charge in [0.05, 0.1) is 7.11 Å². The van der Waals surface area contributed by atoms with Crippen molar-refractivity contribution in [2.45, 2.75) is 31.8 Å². The smallest absolute Gasteiger partial charge is 0.328 e. The van der Waals surface area contributed by atoms with E-state index in [0.717, 1.165) is 5.56 Å². The Bertz CT molecular complexity index is 890. The molecule has 0 heterocycles. The van der Waals surface area contributed by atoms with E-state index >= 15 is 0 Å². The van der Waals surface area contributed by atoms with Gasteiger partial charge in [0.15, 0.2) is 0 Å². The van der Waals surface area contributed by atoms with Crippen molar-refractivity contribution in [2.24, 2.45) is 0 Å². The van der Waals surface area contributed by atoms with E-state index in [1.54, 1.807) is 30.3 Å². The summed E-state index contributed by atoms with van der Waals surface area (Å²) >= 11 is 5.97. The van der Waals surface area contributed by atoms with Gasteiger partial charge in [-0.15, -0.1) is 0 Å².